The van der Waals surface area contributed by atoms with Crippen LogP contribution in [0.15, 0.2) is 16.8 Å². The summed E-state index contributed by atoms with van der Waals surface area (Å²) in [5, 5.41) is 4.03. The summed E-state index contributed by atoms with van der Waals surface area (Å²) in [5.41, 5.74) is 6.77. The van der Waals surface area contributed by atoms with Crippen LogP contribution < -0.4 is 15.4 Å². The third-order valence-electron chi connectivity index (χ3n) is 3.54. The molecule has 0 atom stereocenters. The Hall–Kier alpha value is -2.35. The van der Waals surface area contributed by atoms with Crippen molar-refractivity contribution < 1.29 is 9.26 Å². The quantitative estimate of drug-likeness (QED) is 0.872. The van der Waals surface area contributed by atoms with Crippen LogP contribution >= 0.6 is 0 Å². The maximum Gasteiger partial charge on any atom is 0.278 e. The molecule has 0 radical (unpaired) electrons. The number of aromatic nitrogens is 3. The fourth-order valence-electron chi connectivity index (χ4n) is 2.20. The van der Waals surface area contributed by atoms with Crippen molar-refractivity contribution >= 4 is 11.6 Å². The molecule has 0 spiro atoms. The predicted molar refractivity (Wildman–Crippen MR) is 78.2 cm³/mol. The van der Waals surface area contributed by atoms with E-state index in [0.717, 1.165) is 26.2 Å². The molecule has 2 aromatic heterocycles. The number of likely N-dealkylation sites (N-methyl/N-ethyl adjacent to an activating group) is 1. The molecule has 1 aliphatic heterocycles. The van der Waals surface area contributed by atoms with Crippen molar-refractivity contribution in [3.63, 3.8) is 0 Å². The lowest BCUT2D eigenvalue weighted by atomic mass is 10.3. The van der Waals surface area contributed by atoms with E-state index in [1.165, 1.54) is 6.20 Å². The molecule has 0 aliphatic carbocycles. The molecule has 8 nitrogen and oxygen atoms in total. The lowest BCUT2D eigenvalue weighted by Crippen LogP contribution is -2.44. The van der Waals surface area contributed by atoms with E-state index in [4.69, 9.17) is 15.0 Å². The Bertz CT molecular complexity index is 621. The number of nitrogen functional groups attached to an aromatic ring is 1. The van der Waals surface area contributed by atoms with E-state index in [1.54, 1.807) is 13.2 Å². The number of hydrogen-bond acceptors (Lipinski definition) is 8. The Balaban J connectivity index is 1.81. The minimum absolute atomic E-state index is 0.363. The van der Waals surface area contributed by atoms with E-state index in [-0.39, 0.29) is 0 Å². The second kappa shape index (κ2) is 5.57. The maximum absolute atomic E-state index is 5.75. The molecule has 0 aromatic carbocycles. The molecule has 2 aromatic rings. The topological polar surface area (TPSA) is 93.5 Å². The van der Waals surface area contributed by atoms with Crippen LogP contribution in [0.1, 0.15) is 0 Å². The highest BCUT2D eigenvalue weighted by Crippen LogP contribution is 2.26. The van der Waals surface area contributed by atoms with Gasteiger partial charge in [-0.05, 0) is 12.2 Å². The van der Waals surface area contributed by atoms with Gasteiger partial charge in [0.1, 0.15) is 11.4 Å². The number of hydrogen-bond donors (Lipinski definition) is 1. The first kappa shape index (κ1) is 13.6. The zero-order chi connectivity index (χ0) is 14.8. The third-order valence-corrected chi connectivity index (χ3v) is 3.54. The van der Waals surface area contributed by atoms with Gasteiger partial charge in [-0.3, -0.25) is 0 Å². The molecule has 2 N–H and O–H groups in total. The van der Waals surface area contributed by atoms with Gasteiger partial charge in [0.25, 0.3) is 11.8 Å². The van der Waals surface area contributed by atoms with Crippen LogP contribution in [0.5, 0.6) is 5.75 Å². The summed E-state index contributed by atoms with van der Waals surface area (Å²) in [4.78, 5) is 13.0. The van der Waals surface area contributed by atoms with Crippen LogP contribution in [-0.4, -0.2) is 60.4 Å². The molecule has 1 saturated heterocycles. The van der Waals surface area contributed by atoms with E-state index in [2.05, 4.69) is 32.0 Å². The highest BCUT2D eigenvalue weighted by Gasteiger charge is 2.20. The number of nitrogens with zero attached hydrogens (tertiary/aromatic N) is 5. The zero-order valence-corrected chi connectivity index (χ0v) is 12.1. The monoisotopic (exact) mass is 290 g/mol. The number of ether oxygens (including phenoxy) is 1. The standard InChI is InChI=1S/C13H18N6O2/c1-18-3-5-19(6-4-18)13-16-12(21-17-13)10-7-11(20-2)9(14)8-15-10/h7-8H,3-6,14H2,1-2H3. The molecule has 112 valence electrons. The lowest BCUT2D eigenvalue weighted by molar-refractivity contribution is 0.309. The molecule has 1 aliphatic rings. The van der Waals surface area contributed by atoms with Gasteiger partial charge in [-0.1, -0.05) is 0 Å². The van der Waals surface area contributed by atoms with Crippen LogP contribution in [0.2, 0.25) is 0 Å². The average molecular weight is 290 g/mol. The highest BCUT2D eigenvalue weighted by atomic mass is 16.5. The number of piperazine rings is 1. The SMILES string of the molecule is COc1cc(-c2nc(N3CCN(C)CC3)no2)ncc1N. The molecule has 8 heteroatoms. The Morgan fingerprint density at radius 3 is 2.76 bits per heavy atom. The summed E-state index contributed by atoms with van der Waals surface area (Å²) in [6.45, 7) is 3.73. The average Bonchev–Trinajstić information content (AvgIpc) is 2.98. The second-order valence-corrected chi connectivity index (χ2v) is 5.00. The largest absolute Gasteiger partial charge is 0.494 e. The van der Waals surface area contributed by atoms with Crippen LogP contribution in [0, 0.1) is 0 Å². The van der Waals surface area contributed by atoms with Crippen LogP contribution in [0.3, 0.4) is 0 Å². The second-order valence-electron chi connectivity index (χ2n) is 5.00. The molecule has 0 unspecified atom stereocenters. The predicted octanol–water partition coefficient (Wildman–Crippen LogP) is 0.474. The first-order valence-corrected chi connectivity index (χ1v) is 6.74. The smallest absolute Gasteiger partial charge is 0.278 e. The van der Waals surface area contributed by atoms with Gasteiger partial charge in [-0.2, -0.15) is 4.98 Å². The first-order valence-electron chi connectivity index (χ1n) is 6.74. The minimum Gasteiger partial charge on any atom is -0.494 e. The zero-order valence-electron chi connectivity index (χ0n) is 12.1. The van der Waals surface area contributed by atoms with E-state index in [1.807, 2.05) is 0 Å². The highest BCUT2D eigenvalue weighted by molar-refractivity contribution is 5.60. The van der Waals surface area contributed by atoms with Gasteiger partial charge in [0, 0.05) is 32.2 Å². The molecule has 0 amide bonds. The van der Waals surface area contributed by atoms with E-state index < -0.39 is 0 Å². The van der Waals surface area contributed by atoms with Crippen LogP contribution in [0.4, 0.5) is 11.6 Å². The van der Waals surface area contributed by atoms with Gasteiger partial charge in [0.05, 0.1) is 19.0 Å². The fraction of sp³-hybridized carbons (Fsp3) is 0.462. The van der Waals surface area contributed by atoms with Crippen molar-refractivity contribution in [3.8, 4) is 17.3 Å². The van der Waals surface area contributed by atoms with E-state index in [9.17, 15) is 0 Å². The molecule has 3 rings (SSSR count). The maximum atomic E-state index is 5.75. The molecule has 3 heterocycles. The van der Waals surface area contributed by atoms with Crippen molar-refractivity contribution in [3.05, 3.63) is 12.3 Å². The number of pyridine rings is 1. The summed E-state index contributed by atoms with van der Waals surface area (Å²) in [5.74, 6) is 1.50. The van der Waals surface area contributed by atoms with Gasteiger partial charge < -0.3 is 24.8 Å². The van der Waals surface area contributed by atoms with Crippen molar-refractivity contribution in [2.45, 2.75) is 0 Å². The Morgan fingerprint density at radius 1 is 1.29 bits per heavy atom. The molecule has 0 bridgehead atoms. The Morgan fingerprint density at radius 2 is 2.05 bits per heavy atom. The summed E-state index contributed by atoms with van der Waals surface area (Å²) in [6, 6.07) is 1.69. The van der Waals surface area contributed by atoms with Gasteiger partial charge in [-0.25, -0.2) is 4.98 Å². The summed E-state index contributed by atoms with van der Waals surface area (Å²) in [6.07, 6.45) is 1.52. The normalized spacial score (nSPS) is 16.2. The molecular formula is C13H18N6O2. The van der Waals surface area contributed by atoms with Gasteiger partial charge in [0.15, 0.2) is 0 Å². The van der Waals surface area contributed by atoms with Crippen molar-refractivity contribution in [1.29, 1.82) is 0 Å². The van der Waals surface area contributed by atoms with Crippen molar-refractivity contribution in [1.82, 2.24) is 20.0 Å². The summed E-state index contributed by atoms with van der Waals surface area (Å²) in [7, 11) is 3.66. The van der Waals surface area contributed by atoms with Crippen molar-refractivity contribution in [2.75, 3.05) is 51.0 Å². The van der Waals surface area contributed by atoms with E-state index in [0.29, 0.717) is 29.0 Å². The molecule has 0 saturated carbocycles. The van der Waals surface area contributed by atoms with Crippen LogP contribution in [-0.2, 0) is 0 Å². The number of nitrogens with two attached hydrogens (primary N) is 1. The number of methoxy groups -OCH3 is 1. The molecular weight excluding hydrogens is 272 g/mol. The van der Waals surface area contributed by atoms with Crippen LogP contribution in [0.25, 0.3) is 11.6 Å². The van der Waals surface area contributed by atoms with Crippen molar-refractivity contribution in [2.24, 2.45) is 0 Å². The van der Waals surface area contributed by atoms with E-state index >= 15 is 0 Å². The summed E-state index contributed by atoms with van der Waals surface area (Å²) >= 11 is 0. The third kappa shape index (κ3) is 2.75. The molecule has 21 heavy (non-hydrogen) atoms. The Kier molecular flexibility index (Phi) is 3.61. The Labute approximate surface area is 122 Å². The number of rotatable bonds is 3. The summed E-state index contributed by atoms with van der Waals surface area (Å²) < 4.78 is 10.5. The fourth-order valence-corrected chi connectivity index (χ4v) is 2.20. The van der Waals surface area contributed by atoms with Gasteiger partial charge in [-0.15, -0.1) is 0 Å². The first-order chi connectivity index (χ1) is 10.2. The molecule has 1 fully saturated rings. The minimum atomic E-state index is 0.363. The lowest BCUT2D eigenvalue weighted by Gasteiger charge is -2.31. The number of anilines is 2. The van der Waals surface area contributed by atoms with Gasteiger partial charge >= 0.3 is 0 Å². The van der Waals surface area contributed by atoms with Gasteiger partial charge in [0.2, 0.25) is 0 Å².